The van der Waals surface area contributed by atoms with Gasteiger partial charge >= 0.3 is 0 Å². The Hall–Kier alpha value is -4.99. The zero-order chi connectivity index (χ0) is 23.9. The van der Waals surface area contributed by atoms with Gasteiger partial charge in [-0.15, -0.1) is 0 Å². The predicted octanol–water partition coefficient (Wildman–Crippen LogP) is 2.89. The number of hydrogen-bond acceptors (Lipinski definition) is 8. The van der Waals surface area contributed by atoms with Crippen LogP contribution < -0.4 is 5.11 Å². The Kier molecular flexibility index (Phi) is 5.10. The first-order chi connectivity index (χ1) is 15.7. The summed E-state index contributed by atoms with van der Waals surface area (Å²) in [5, 5.41) is 34.2. The lowest BCUT2D eigenvalue weighted by atomic mass is 10.1. The average Bonchev–Trinajstić information content (AvgIpc) is 3.18. The molecule has 10 nitrogen and oxygen atoms in total. The van der Waals surface area contributed by atoms with Gasteiger partial charge < -0.3 is 5.11 Å². The van der Waals surface area contributed by atoms with Crippen LogP contribution in [-0.4, -0.2) is 27.2 Å². The second-order valence-corrected chi connectivity index (χ2v) is 7.03. The molecule has 0 amide bonds. The van der Waals surface area contributed by atoms with Crippen LogP contribution in [0.5, 0.6) is 0 Å². The van der Waals surface area contributed by atoms with Gasteiger partial charge in [0.1, 0.15) is 0 Å². The van der Waals surface area contributed by atoms with Crippen molar-refractivity contribution < 1.29 is 29.3 Å². The van der Waals surface area contributed by atoms with Crippen molar-refractivity contribution in [2.24, 2.45) is 0 Å². The molecule has 0 saturated carbocycles. The van der Waals surface area contributed by atoms with E-state index in [2.05, 4.69) is 0 Å². The average molecular weight is 443 g/mol. The number of carbonyl (C=O) groups excluding carboxylic acids is 3. The van der Waals surface area contributed by atoms with E-state index >= 15 is 0 Å². The molecule has 0 aromatic heterocycles. The molecular formula is C23H11N2O8-. The third-order valence-corrected chi connectivity index (χ3v) is 5.13. The molecule has 0 saturated heterocycles. The molecule has 0 spiro atoms. The van der Waals surface area contributed by atoms with E-state index in [0.717, 1.165) is 24.3 Å². The van der Waals surface area contributed by atoms with E-state index in [9.17, 15) is 39.7 Å². The van der Waals surface area contributed by atoms with Gasteiger partial charge in [0.15, 0.2) is 17.3 Å². The van der Waals surface area contributed by atoms with Crippen LogP contribution in [0, 0.1) is 20.2 Å². The number of nitro groups is 2. The minimum absolute atomic E-state index is 0.0473. The predicted molar refractivity (Wildman–Crippen MR) is 112 cm³/mol. The van der Waals surface area contributed by atoms with E-state index in [-0.39, 0.29) is 44.8 Å². The van der Waals surface area contributed by atoms with E-state index < -0.39 is 33.0 Å². The summed E-state index contributed by atoms with van der Waals surface area (Å²) in [5.74, 6) is -2.41. The van der Waals surface area contributed by atoms with Gasteiger partial charge in [0, 0.05) is 46.5 Å². The first-order valence-corrected chi connectivity index (χ1v) is 9.38. The minimum atomic E-state index is -0.662. The van der Waals surface area contributed by atoms with Crippen LogP contribution in [0.4, 0.5) is 11.4 Å². The lowest BCUT2D eigenvalue weighted by Gasteiger charge is -2.08. The van der Waals surface area contributed by atoms with Crippen LogP contribution in [0.25, 0.3) is 5.76 Å². The van der Waals surface area contributed by atoms with E-state index in [0.29, 0.717) is 0 Å². The van der Waals surface area contributed by atoms with Gasteiger partial charge in [-0.05, 0) is 23.8 Å². The van der Waals surface area contributed by atoms with Crippen molar-refractivity contribution in [3.8, 4) is 0 Å². The molecule has 10 heteroatoms. The third-order valence-electron chi connectivity index (χ3n) is 5.13. The Labute approximate surface area is 184 Å². The van der Waals surface area contributed by atoms with Gasteiger partial charge in [0.05, 0.1) is 15.4 Å². The third kappa shape index (κ3) is 3.55. The zero-order valence-corrected chi connectivity index (χ0v) is 16.5. The Morgan fingerprint density at radius 3 is 1.82 bits per heavy atom. The zero-order valence-electron chi connectivity index (χ0n) is 16.5. The number of ketones is 3. The summed E-state index contributed by atoms with van der Waals surface area (Å²) in [7, 11) is 0. The van der Waals surface area contributed by atoms with Crippen molar-refractivity contribution in [2.45, 2.75) is 0 Å². The molecule has 0 heterocycles. The number of nitro benzene ring substituents is 2. The molecule has 162 valence electrons. The van der Waals surface area contributed by atoms with Gasteiger partial charge in [-0.25, -0.2) is 0 Å². The minimum Gasteiger partial charge on any atom is -0.872 e. The number of rotatable bonds is 5. The molecule has 0 radical (unpaired) electrons. The molecule has 33 heavy (non-hydrogen) atoms. The summed E-state index contributed by atoms with van der Waals surface area (Å²) in [6, 6.07) is 6.85. The summed E-state index contributed by atoms with van der Waals surface area (Å²) in [6.45, 7) is 0. The second kappa shape index (κ2) is 7.93. The smallest absolute Gasteiger partial charge is 0.270 e. The number of carbonyl (C=O) groups is 3. The molecule has 2 aliphatic carbocycles. The highest BCUT2D eigenvalue weighted by Crippen LogP contribution is 2.33. The summed E-state index contributed by atoms with van der Waals surface area (Å²) in [6.07, 6.45) is 6.57. The molecule has 2 aromatic rings. The van der Waals surface area contributed by atoms with Gasteiger partial charge in [0.25, 0.3) is 11.4 Å². The molecule has 4 rings (SSSR count). The largest absolute Gasteiger partial charge is 0.872 e. The highest BCUT2D eigenvalue weighted by molar-refractivity contribution is 6.39. The molecule has 0 aliphatic heterocycles. The van der Waals surface area contributed by atoms with Gasteiger partial charge in [-0.2, -0.15) is 0 Å². The van der Waals surface area contributed by atoms with E-state index in [1.54, 1.807) is 0 Å². The highest BCUT2D eigenvalue weighted by atomic mass is 16.6. The number of benzene rings is 2. The van der Waals surface area contributed by atoms with E-state index in [1.165, 1.54) is 42.5 Å². The maximum Gasteiger partial charge on any atom is 0.270 e. The number of hydrogen-bond donors (Lipinski definition) is 0. The second-order valence-electron chi connectivity index (χ2n) is 7.03. The molecular weight excluding hydrogens is 432 g/mol. The fourth-order valence-corrected chi connectivity index (χ4v) is 3.52. The summed E-state index contributed by atoms with van der Waals surface area (Å²) in [4.78, 5) is 57.7. The summed E-state index contributed by atoms with van der Waals surface area (Å²) in [5.41, 5.74) is -0.891. The molecule has 0 atom stereocenters. The molecule has 2 aromatic carbocycles. The van der Waals surface area contributed by atoms with Crippen LogP contribution in [0.1, 0.15) is 36.6 Å². The number of allylic oxidation sites excluding steroid dienone is 7. The van der Waals surface area contributed by atoms with Gasteiger partial charge in [-0.3, -0.25) is 34.6 Å². The Balaban J connectivity index is 1.54. The first-order valence-electron chi connectivity index (χ1n) is 9.38. The van der Waals surface area contributed by atoms with Crippen LogP contribution >= 0.6 is 0 Å². The van der Waals surface area contributed by atoms with Crippen LogP contribution in [0.15, 0.2) is 77.9 Å². The van der Waals surface area contributed by atoms with Crippen LogP contribution in [-0.2, 0) is 0 Å². The monoisotopic (exact) mass is 443 g/mol. The Bertz CT molecular complexity index is 1430. The van der Waals surface area contributed by atoms with Gasteiger partial charge in [-0.1, -0.05) is 30.1 Å². The fourth-order valence-electron chi connectivity index (χ4n) is 3.52. The topological polar surface area (TPSA) is 161 Å². The standard InChI is InChI=1S/C23H12N2O8/c26-20-14-8-6-12(24(30)31)10-18(14)22(28)16(20)4-2-1-3-5-17-21(27)15-9-7-13(25(32)33)11-19(15)23(17)29/h1-11,28H/p-1. The maximum absolute atomic E-state index is 12.4. The van der Waals surface area contributed by atoms with Crippen molar-refractivity contribution >= 4 is 34.5 Å². The molecule has 2 aliphatic rings. The lowest BCUT2D eigenvalue weighted by Crippen LogP contribution is -2.02. The molecule has 0 bridgehead atoms. The molecule has 0 unspecified atom stereocenters. The maximum atomic E-state index is 12.4. The Morgan fingerprint density at radius 2 is 1.21 bits per heavy atom. The number of fused-ring (bicyclic) bond motifs is 2. The SMILES string of the molecule is O=C1C(=CC=CC=CC2=C([O-])c3cc([N+](=O)[O-])ccc3C2=O)C(=O)c2cc([N+](=O)[O-])ccc21. The van der Waals surface area contributed by atoms with Crippen molar-refractivity contribution in [2.75, 3.05) is 0 Å². The summed E-state index contributed by atoms with van der Waals surface area (Å²) >= 11 is 0. The van der Waals surface area contributed by atoms with Crippen molar-refractivity contribution in [1.82, 2.24) is 0 Å². The van der Waals surface area contributed by atoms with Crippen molar-refractivity contribution in [3.63, 3.8) is 0 Å². The number of non-ortho nitro benzene ring substituents is 2. The fraction of sp³-hybridized carbons (Fsp3) is 0. The Morgan fingerprint density at radius 1 is 0.667 bits per heavy atom. The van der Waals surface area contributed by atoms with Crippen LogP contribution in [0.3, 0.4) is 0 Å². The molecule has 0 fully saturated rings. The first kappa shape index (κ1) is 21.2. The number of Topliss-reactive ketones (excluding diaryl/α,β-unsaturated/α-hetero) is 3. The normalized spacial score (nSPS) is 16.4. The summed E-state index contributed by atoms with van der Waals surface area (Å²) < 4.78 is 0. The number of nitrogens with zero attached hydrogens (tertiary/aromatic N) is 2. The van der Waals surface area contributed by atoms with Crippen molar-refractivity contribution in [1.29, 1.82) is 0 Å². The molecule has 0 N–H and O–H groups in total. The van der Waals surface area contributed by atoms with E-state index in [1.807, 2.05) is 0 Å². The highest BCUT2D eigenvalue weighted by Gasteiger charge is 2.34. The van der Waals surface area contributed by atoms with Gasteiger partial charge in [0.2, 0.25) is 0 Å². The van der Waals surface area contributed by atoms with E-state index in [4.69, 9.17) is 0 Å². The van der Waals surface area contributed by atoms with Crippen molar-refractivity contribution in [3.05, 3.63) is 120 Å². The lowest BCUT2D eigenvalue weighted by molar-refractivity contribution is -0.385. The van der Waals surface area contributed by atoms with Crippen LogP contribution in [0.2, 0.25) is 0 Å². The quantitative estimate of drug-likeness (QED) is 0.224.